The van der Waals surface area contributed by atoms with Crippen LogP contribution >= 0.6 is 0 Å². The molecule has 1 aliphatic heterocycles. The number of benzene rings is 1. The van der Waals surface area contributed by atoms with E-state index in [9.17, 15) is 9.59 Å². The van der Waals surface area contributed by atoms with Crippen molar-refractivity contribution in [2.24, 2.45) is 0 Å². The van der Waals surface area contributed by atoms with Crippen molar-refractivity contribution >= 4 is 22.8 Å². The van der Waals surface area contributed by atoms with Gasteiger partial charge in [0.05, 0.1) is 7.11 Å². The van der Waals surface area contributed by atoms with Gasteiger partial charge in [-0.05, 0) is 45.2 Å². The molecule has 1 atom stereocenters. The summed E-state index contributed by atoms with van der Waals surface area (Å²) in [5.74, 6) is -0.268. The van der Waals surface area contributed by atoms with Gasteiger partial charge in [0, 0.05) is 17.5 Å². The van der Waals surface area contributed by atoms with E-state index in [1.54, 1.807) is 4.90 Å². The fourth-order valence-electron chi connectivity index (χ4n) is 3.22. The quantitative estimate of drug-likeness (QED) is 0.798. The van der Waals surface area contributed by atoms with Crippen molar-refractivity contribution in [1.82, 2.24) is 4.90 Å². The molecule has 1 aromatic heterocycles. The summed E-state index contributed by atoms with van der Waals surface area (Å²) in [5.41, 5.74) is 2.64. The third kappa shape index (κ3) is 2.71. The van der Waals surface area contributed by atoms with Crippen LogP contribution in [0.5, 0.6) is 0 Å². The highest BCUT2D eigenvalue weighted by molar-refractivity contribution is 6.00. The van der Waals surface area contributed by atoms with E-state index < -0.39 is 6.04 Å². The number of carbonyl (C=O) groups is 2. The van der Waals surface area contributed by atoms with Gasteiger partial charge in [-0.3, -0.25) is 4.79 Å². The summed E-state index contributed by atoms with van der Waals surface area (Å²) < 4.78 is 10.6. The predicted molar refractivity (Wildman–Crippen MR) is 86.4 cm³/mol. The van der Waals surface area contributed by atoms with Crippen molar-refractivity contribution in [1.29, 1.82) is 0 Å². The van der Waals surface area contributed by atoms with E-state index in [-0.39, 0.29) is 11.9 Å². The standard InChI is InChI=1S/C18H21NO4/c1-11-7-8-15-13(10-11)12(2)16(23-15)17(20)19-9-5-4-6-14(19)18(21)22-3/h7-8,10,14H,4-6,9H2,1-3H3/t14-/m1/s1. The van der Waals surface area contributed by atoms with Crippen LogP contribution in [0, 0.1) is 13.8 Å². The molecule has 0 aliphatic carbocycles. The smallest absolute Gasteiger partial charge is 0.328 e. The number of likely N-dealkylation sites (tertiary alicyclic amines) is 1. The molecule has 1 aromatic carbocycles. The Balaban J connectivity index is 1.98. The van der Waals surface area contributed by atoms with Crippen molar-refractivity contribution in [3.8, 4) is 0 Å². The highest BCUT2D eigenvalue weighted by Gasteiger charge is 2.35. The number of nitrogens with zero attached hydrogens (tertiary/aromatic N) is 1. The molecule has 0 saturated carbocycles. The summed E-state index contributed by atoms with van der Waals surface area (Å²) in [7, 11) is 1.36. The van der Waals surface area contributed by atoms with E-state index >= 15 is 0 Å². The summed E-state index contributed by atoms with van der Waals surface area (Å²) in [6.07, 6.45) is 2.44. The summed E-state index contributed by atoms with van der Waals surface area (Å²) in [6, 6.07) is 5.33. The molecule has 0 spiro atoms. The number of hydrogen-bond donors (Lipinski definition) is 0. The second-order valence-corrected chi connectivity index (χ2v) is 6.09. The molecule has 1 saturated heterocycles. The minimum absolute atomic E-state index is 0.230. The number of ether oxygens (including phenoxy) is 1. The highest BCUT2D eigenvalue weighted by atomic mass is 16.5. The van der Waals surface area contributed by atoms with Crippen LogP contribution in [0.2, 0.25) is 0 Å². The van der Waals surface area contributed by atoms with Crippen LogP contribution in [-0.4, -0.2) is 36.5 Å². The molecule has 1 amide bonds. The highest BCUT2D eigenvalue weighted by Crippen LogP contribution is 2.29. The molecule has 2 aromatic rings. The third-order valence-electron chi connectivity index (χ3n) is 4.52. The SMILES string of the molecule is COC(=O)[C@H]1CCCCN1C(=O)c1oc2ccc(C)cc2c1C. The molecule has 122 valence electrons. The number of furan rings is 1. The number of piperidine rings is 1. The zero-order valence-electron chi connectivity index (χ0n) is 13.7. The van der Waals surface area contributed by atoms with E-state index in [2.05, 4.69) is 0 Å². The number of rotatable bonds is 2. The van der Waals surface area contributed by atoms with Crippen molar-refractivity contribution in [3.63, 3.8) is 0 Å². The van der Waals surface area contributed by atoms with E-state index in [0.717, 1.165) is 29.4 Å². The molecular weight excluding hydrogens is 294 g/mol. The van der Waals surface area contributed by atoms with Gasteiger partial charge < -0.3 is 14.1 Å². The van der Waals surface area contributed by atoms with Crippen LogP contribution in [0.15, 0.2) is 22.6 Å². The number of hydrogen-bond acceptors (Lipinski definition) is 4. The minimum atomic E-state index is -0.518. The Morgan fingerprint density at radius 3 is 2.78 bits per heavy atom. The van der Waals surface area contributed by atoms with E-state index in [1.165, 1.54) is 7.11 Å². The second-order valence-electron chi connectivity index (χ2n) is 6.09. The lowest BCUT2D eigenvalue weighted by Gasteiger charge is -2.33. The Labute approximate surface area is 135 Å². The van der Waals surface area contributed by atoms with Gasteiger partial charge in [-0.15, -0.1) is 0 Å². The van der Waals surface area contributed by atoms with Crippen LogP contribution in [0.25, 0.3) is 11.0 Å². The van der Waals surface area contributed by atoms with Gasteiger partial charge in [-0.2, -0.15) is 0 Å². The summed E-state index contributed by atoms with van der Waals surface area (Å²) in [4.78, 5) is 26.5. The topological polar surface area (TPSA) is 59.8 Å². The molecule has 23 heavy (non-hydrogen) atoms. The van der Waals surface area contributed by atoms with Crippen molar-refractivity contribution in [3.05, 3.63) is 35.1 Å². The molecule has 1 fully saturated rings. The number of fused-ring (bicyclic) bond motifs is 1. The third-order valence-corrected chi connectivity index (χ3v) is 4.52. The van der Waals surface area contributed by atoms with Crippen molar-refractivity contribution < 1.29 is 18.7 Å². The molecule has 3 rings (SSSR count). The average Bonchev–Trinajstić information content (AvgIpc) is 2.90. The normalized spacial score (nSPS) is 18.2. The van der Waals surface area contributed by atoms with Gasteiger partial charge in [0.25, 0.3) is 5.91 Å². The molecule has 0 bridgehead atoms. The first kappa shape index (κ1) is 15.6. The fraction of sp³-hybridized carbons (Fsp3) is 0.444. The number of aryl methyl sites for hydroxylation is 2. The number of carbonyl (C=O) groups excluding carboxylic acids is 2. The lowest BCUT2D eigenvalue weighted by molar-refractivity contribution is -0.147. The largest absolute Gasteiger partial charge is 0.467 e. The number of amides is 1. The first-order valence-corrected chi connectivity index (χ1v) is 7.91. The van der Waals surface area contributed by atoms with E-state index in [0.29, 0.717) is 24.3 Å². The second kappa shape index (κ2) is 6.07. The first-order chi connectivity index (χ1) is 11.0. The van der Waals surface area contributed by atoms with Crippen LogP contribution in [0.1, 0.15) is 40.9 Å². The molecule has 0 N–H and O–H groups in total. The Hall–Kier alpha value is -2.30. The van der Waals surface area contributed by atoms with Gasteiger partial charge in [0.1, 0.15) is 11.6 Å². The monoisotopic (exact) mass is 315 g/mol. The first-order valence-electron chi connectivity index (χ1n) is 7.91. The lowest BCUT2D eigenvalue weighted by atomic mass is 10.0. The van der Waals surface area contributed by atoms with Crippen LogP contribution < -0.4 is 0 Å². The number of methoxy groups -OCH3 is 1. The molecule has 0 unspecified atom stereocenters. The van der Waals surface area contributed by atoms with E-state index in [4.69, 9.17) is 9.15 Å². The maximum absolute atomic E-state index is 12.9. The summed E-state index contributed by atoms with van der Waals surface area (Å²) in [5, 5.41) is 0.944. The van der Waals surface area contributed by atoms with Crippen LogP contribution in [0.4, 0.5) is 0 Å². The Morgan fingerprint density at radius 2 is 2.04 bits per heavy atom. The summed E-state index contributed by atoms with van der Waals surface area (Å²) >= 11 is 0. The van der Waals surface area contributed by atoms with Crippen LogP contribution in [-0.2, 0) is 9.53 Å². The minimum Gasteiger partial charge on any atom is -0.467 e. The molecule has 5 heteroatoms. The summed E-state index contributed by atoms with van der Waals surface area (Å²) in [6.45, 7) is 4.44. The zero-order chi connectivity index (χ0) is 16.6. The Bertz CT molecular complexity index is 762. The van der Waals surface area contributed by atoms with Gasteiger partial charge in [0.2, 0.25) is 0 Å². The maximum atomic E-state index is 12.9. The fourth-order valence-corrected chi connectivity index (χ4v) is 3.22. The zero-order valence-corrected chi connectivity index (χ0v) is 13.7. The predicted octanol–water partition coefficient (Wildman–Crippen LogP) is 3.22. The Kier molecular flexibility index (Phi) is 4.11. The van der Waals surface area contributed by atoms with Gasteiger partial charge in [0.15, 0.2) is 5.76 Å². The van der Waals surface area contributed by atoms with E-state index in [1.807, 2.05) is 32.0 Å². The molecule has 0 radical (unpaired) electrons. The van der Waals surface area contributed by atoms with Crippen molar-refractivity contribution in [2.75, 3.05) is 13.7 Å². The van der Waals surface area contributed by atoms with Gasteiger partial charge in [-0.1, -0.05) is 11.6 Å². The van der Waals surface area contributed by atoms with Crippen LogP contribution in [0.3, 0.4) is 0 Å². The molecular formula is C18H21NO4. The maximum Gasteiger partial charge on any atom is 0.328 e. The Morgan fingerprint density at radius 1 is 1.26 bits per heavy atom. The number of esters is 1. The van der Waals surface area contributed by atoms with Crippen molar-refractivity contribution in [2.45, 2.75) is 39.2 Å². The van der Waals surface area contributed by atoms with Gasteiger partial charge in [-0.25, -0.2) is 4.79 Å². The average molecular weight is 315 g/mol. The molecule has 1 aliphatic rings. The molecule has 2 heterocycles. The molecule has 5 nitrogen and oxygen atoms in total. The lowest BCUT2D eigenvalue weighted by Crippen LogP contribution is -2.48. The van der Waals surface area contributed by atoms with Gasteiger partial charge >= 0.3 is 5.97 Å².